The smallest absolute Gasteiger partial charge is 0.341 e. The summed E-state index contributed by atoms with van der Waals surface area (Å²) in [4.78, 5) is 15.4. The maximum absolute atomic E-state index is 12.6. The van der Waals surface area contributed by atoms with Crippen molar-refractivity contribution < 1.29 is 22.0 Å². The fourth-order valence-corrected chi connectivity index (χ4v) is 4.72. The number of carbonyl (C=O) groups excluding carboxylic acids is 1. The van der Waals surface area contributed by atoms with Crippen molar-refractivity contribution in [2.24, 2.45) is 0 Å². The number of amides is 1. The highest BCUT2D eigenvalue weighted by atomic mass is 32.2. The van der Waals surface area contributed by atoms with Crippen LogP contribution in [0.5, 0.6) is 0 Å². The standard InChI is InChI=1S/C18H20F2N2O3S2/c19-18(20)27(24,25)14-7-5-13(6-8-14)17(23)21-12-15(16-4-3-11-26-16)22-9-1-2-10-22/h3-8,11,15,18H,1-2,9-10,12H2,(H,21,23). The van der Waals surface area contributed by atoms with Crippen LogP contribution in [-0.4, -0.2) is 44.6 Å². The van der Waals surface area contributed by atoms with Gasteiger partial charge in [-0.25, -0.2) is 8.42 Å². The molecule has 1 N–H and O–H groups in total. The van der Waals surface area contributed by atoms with Crippen LogP contribution in [0.25, 0.3) is 0 Å². The molecule has 0 saturated carbocycles. The highest BCUT2D eigenvalue weighted by molar-refractivity contribution is 7.91. The molecule has 0 spiro atoms. The van der Waals surface area contributed by atoms with Crippen LogP contribution < -0.4 is 5.32 Å². The molecule has 1 aromatic carbocycles. The number of rotatable bonds is 7. The number of alkyl halides is 2. The second-order valence-electron chi connectivity index (χ2n) is 6.31. The number of hydrogen-bond donors (Lipinski definition) is 1. The van der Waals surface area contributed by atoms with Gasteiger partial charge in [0, 0.05) is 17.0 Å². The zero-order chi connectivity index (χ0) is 19.4. The molecule has 2 aromatic rings. The molecule has 9 heteroatoms. The zero-order valence-electron chi connectivity index (χ0n) is 14.5. The van der Waals surface area contributed by atoms with E-state index in [4.69, 9.17) is 0 Å². The van der Waals surface area contributed by atoms with E-state index in [1.54, 1.807) is 11.3 Å². The van der Waals surface area contributed by atoms with Gasteiger partial charge in [0.25, 0.3) is 5.91 Å². The first kappa shape index (κ1) is 19.9. The fourth-order valence-electron chi connectivity index (χ4n) is 3.13. The van der Waals surface area contributed by atoms with Gasteiger partial charge in [0.2, 0.25) is 9.84 Å². The molecule has 1 amide bonds. The minimum Gasteiger partial charge on any atom is -0.350 e. The predicted octanol–water partition coefficient (Wildman–Crippen LogP) is 3.31. The number of benzene rings is 1. The molecule has 146 valence electrons. The Kier molecular flexibility index (Phi) is 6.23. The third-order valence-corrected chi connectivity index (χ3v) is 6.96. The number of carbonyl (C=O) groups is 1. The number of nitrogens with zero attached hydrogens (tertiary/aromatic N) is 1. The molecule has 1 aromatic heterocycles. The van der Waals surface area contributed by atoms with Crippen LogP contribution in [0.15, 0.2) is 46.7 Å². The lowest BCUT2D eigenvalue weighted by Gasteiger charge is -2.26. The van der Waals surface area contributed by atoms with E-state index in [0.717, 1.165) is 38.1 Å². The van der Waals surface area contributed by atoms with Crippen molar-refractivity contribution in [3.05, 3.63) is 52.2 Å². The van der Waals surface area contributed by atoms with Crippen LogP contribution in [-0.2, 0) is 9.84 Å². The first-order chi connectivity index (χ1) is 12.9. The molecule has 0 bridgehead atoms. The summed E-state index contributed by atoms with van der Waals surface area (Å²) in [5.74, 6) is -3.85. The second kappa shape index (κ2) is 8.45. The molecule has 1 aliphatic rings. The van der Waals surface area contributed by atoms with Gasteiger partial charge in [-0.3, -0.25) is 9.69 Å². The Labute approximate surface area is 160 Å². The monoisotopic (exact) mass is 414 g/mol. The lowest BCUT2D eigenvalue weighted by Crippen LogP contribution is -2.36. The molecule has 1 aliphatic heterocycles. The summed E-state index contributed by atoms with van der Waals surface area (Å²) in [6, 6.07) is 8.69. The minimum atomic E-state index is -4.66. The van der Waals surface area contributed by atoms with E-state index in [9.17, 15) is 22.0 Å². The third-order valence-electron chi connectivity index (χ3n) is 4.59. The van der Waals surface area contributed by atoms with Crippen molar-refractivity contribution in [3.63, 3.8) is 0 Å². The first-order valence-electron chi connectivity index (χ1n) is 8.57. The van der Waals surface area contributed by atoms with E-state index in [0.29, 0.717) is 6.54 Å². The molecule has 0 radical (unpaired) electrons. The Morgan fingerprint density at radius 2 is 1.81 bits per heavy atom. The molecule has 3 rings (SSSR count). The highest BCUT2D eigenvalue weighted by Gasteiger charge is 2.27. The maximum atomic E-state index is 12.6. The number of halogens is 2. The Balaban J connectivity index is 1.67. The number of likely N-dealkylation sites (tertiary alicyclic amines) is 1. The van der Waals surface area contributed by atoms with E-state index in [1.165, 1.54) is 17.0 Å². The number of thiophene rings is 1. The molecule has 27 heavy (non-hydrogen) atoms. The average Bonchev–Trinajstić information content (AvgIpc) is 3.36. The van der Waals surface area contributed by atoms with Crippen LogP contribution in [0.2, 0.25) is 0 Å². The van der Waals surface area contributed by atoms with Gasteiger partial charge in [-0.05, 0) is 61.6 Å². The normalized spacial score (nSPS) is 16.6. The van der Waals surface area contributed by atoms with Crippen LogP contribution in [0.3, 0.4) is 0 Å². The molecule has 1 atom stereocenters. The van der Waals surface area contributed by atoms with Crippen LogP contribution in [0, 0.1) is 0 Å². The summed E-state index contributed by atoms with van der Waals surface area (Å²) in [5.41, 5.74) is 0.231. The summed E-state index contributed by atoms with van der Waals surface area (Å²) in [6.45, 7) is 2.40. The summed E-state index contributed by atoms with van der Waals surface area (Å²) in [7, 11) is -4.66. The SMILES string of the molecule is O=C(NCC(c1cccs1)N1CCCC1)c1ccc(S(=O)(=O)C(F)F)cc1. The summed E-state index contributed by atoms with van der Waals surface area (Å²) in [5, 5.41) is 4.88. The van der Waals surface area contributed by atoms with Crippen molar-refractivity contribution in [1.82, 2.24) is 10.2 Å². The van der Waals surface area contributed by atoms with Crippen molar-refractivity contribution >= 4 is 27.1 Å². The summed E-state index contributed by atoms with van der Waals surface area (Å²) in [6.07, 6.45) is 2.27. The molecular weight excluding hydrogens is 394 g/mol. The Morgan fingerprint density at radius 1 is 1.15 bits per heavy atom. The highest BCUT2D eigenvalue weighted by Crippen LogP contribution is 2.28. The average molecular weight is 414 g/mol. The van der Waals surface area contributed by atoms with Gasteiger partial charge in [0.1, 0.15) is 0 Å². The summed E-state index contributed by atoms with van der Waals surface area (Å²) >= 11 is 1.64. The van der Waals surface area contributed by atoms with E-state index in [-0.39, 0.29) is 17.5 Å². The fraction of sp³-hybridized carbons (Fsp3) is 0.389. The molecular formula is C18H20F2N2O3S2. The third kappa shape index (κ3) is 4.53. The van der Waals surface area contributed by atoms with E-state index >= 15 is 0 Å². The lowest BCUT2D eigenvalue weighted by atomic mass is 10.2. The Bertz CT molecular complexity index is 863. The van der Waals surface area contributed by atoms with E-state index in [1.807, 2.05) is 17.5 Å². The summed E-state index contributed by atoms with van der Waals surface area (Å²) < 4.78 is 48.1. The van der Waals surface area contributed by atoms with E-state index in [2.05, 4.69) is 10.2 Å². The predicted molar refractivity (Wildman–Crippen MR) is 99.8 cm³/mol. The van der Waals surface area contributed by atoms with Gasteiger partial charge in [0.15, 0.2) is 0 Å². The zero-order valence-corrected chi connectivity index (χ0v) is 16.1. The number of sulfone groups is 1. The lowest BCUT2D eigenvalue weighted by molar-refractivity contribution is 0.0938. The molecule has 5 nitrogen and oxygen atoms in total. The Hall–Kier alpha value is -1.84. The van der Waals surface area contributed by atoms with Gasteiger partial charge >= 0.3 is 5.76 Å². The Morgan fingerprint density at radius 3 is 2.37 bits per heavy atom. The van der Waals surface area contributed by atoms with Crippen molar-refractivity contribution in [1.29, 1.82) is 0 Å². The number of nitrogens with one attached hydrogen (secondary N) is 1. The van der Waals surface area contributed by atoms with Crippen molar-refractivity contribution in [3.8, 4) is 0 Å². The van der Waals surface area contributed by atoms with Gasteiger partial charge in [-0.15, -0.1) is 11.3 Å². The van der Waals surface area contributed by atoms with Gasteiger partial charge in [0.05, 0.1) is 10.9 Å². The van der Waals surface area contributed by atoms with Crippen LogP contribution >= 0.6 is 11.3 Å². The minimum absolute atomic E-state index is 0.0925. The molecule has 1 unspecified atom stereocenters. The molecule has 2 heterocycles. The van der Waals surface area contributed by atoms with Crippen molar-refractivity contribution in [2.45, 2.75) is 29.5 Å². The number of hydrogen-bond acceptors (Lipinski definition) is 5. The van der Waals surface area contributed by atoms with Gasteiger partial charge in [-0.1, -0.05) is 6.07 Å². The van der Waals surface area contributed by atoms with Crippen molar-refractivity contribution in [2.75, 3.05) is 19.6 Å². The van der Waals surface area contributed by atoms with Gasteiger partial charge < -0.3 is 5.32 Å². The second-order valence-corrected chi connectivity index (χ2v) is 9.21. The molecule has 1 fully saturated rings. The topological polar surface area (TPSA) is 66.5 Å². The van der Waals surface area contributed by atoms with Crippen LogP contribution in [0.4, 0.5) is 8.78 Å². The van der Waals surface area contributed by atoms with E-state index < -0.39 is 20.5 Å². The molecule has 1 saturated heterocycles. The van der Waals surface area contributed by atoms with Crippen LogP contribution in [0.1, 0.15) is 34.1 Å². The molecule has 0 aliphatic carbocycles. The van der Waals surface area contributed by atoms with Gasteiger partial charge in [-0.2, -0.15) is 8.78 Å². The largest absolute Gasteiger partial charge is 0.350 e. The first-order valence-corrected chi connectivity index (χ1v) is 11.0. The maximum Gasteiger partial charge on any atom is 0.341 e. The quantitative estimate of drug-likeness (QED) is 0.755.